The predicted molar refractivity (Wildman–Crippen MR) is 36.2 cm³/mol. The second-order valence-electron chi connectivity index (χ2n) is 2.42. The minimum Gasteiger partial charge on any atom is -0.364 e. The van der Waals surface area contributed by atoms with Crippen molar-refractivity contribution in [3.8, 4) is 0 Å². The molecule has 1 aromatic rings. The largest absolute Gasteiger partial charge is 0.364 e. The average Bonchev–Trinajstić information content (AvgIpc) is 2.11. The van der Waals surface area contributed by atoms with E-state index in [-0.39, 0.29) is 0 Å². The van der Waals surface area contributed by atoms with Crippen LogP contribution in [0, 0.1) is 0 Å². The molecule has 0 aromatic carbocycles. The van der Waals surface area contributed by atoms with Gasteiger partial charge in [0.2, 0.25) is 0 Å². The van der Waals surface area contributed by atoms with Crippen molar-refractivity contribution in [2.45, 2.75) is 12.5 Å². The van der Waals surface area contributed by atoms with Crippen molar-refractivity contribution in [2.75, 3.05) is 6.54 Å². The van der Waals surface area contributed by atoms with E-state index < -0.39 is 0 Å². The Hall–Kier alpha value is -0.760. The molecule has 0 unspecified atom stereocenters. The molecule has 9 heavy (non-hydrogen) atoms. The molecular weight excluding hydrogens is 112 g/mol. The first-order valence-corrected chi connectivity index (χ1v) is 3.33. The highest BCUT2D eigenvalue weighted by Gasteiger charge is 2.17. The maximum atomic E-state index is 3.32. The summed E-state index contributed by atoms with van der Waals surface area (Å²) in [4.78, 5) is 3.18. The minimum atomic E-state index is 0.611. The third kappa shape index (κ3) is 0.754. The second kappa shape index (κ2) is 1.88. The van der Waals surface area contributed by atoms with Crippen LogP contribution in [0.1, 0.15) is 18.2 Å². The van der Waals surface area contributed by atoms with Gasteiger partial charge in [0.1, 0.15) is 0 Å². The van der Waals surface area contributed by atoms with E-state index in [4.69, 9.17) is 0 Å². The molecule has 1 aromatic heterocycles. The predicted octanol–water partition coefficient (Wildman–Crippen LogP) is 1.05. The molecule has 2 rings (SSSR count). The first-order valence-electron chi connectivity index (χ1n) is 3.33. The Labute approximate surface area is 54.3 Å². The van der Waals surface area contributed by atoms with Crippen molar-refractivity contribution in [3.63, 3.8) is 0 Å². The average molecular weight is 122 g/mol. The Morgan fingerprint density at radius 2 is 2.44 bits per heavy atom. The summed E-state index contributed by atoms with van der Waals surface area (Å²) in [6.07, 6.45) is 3.25. The van der Waals surface area contributed by atoms with Gasteiger partial charge in [0.05, 0.1) is 0 Å². The van der Waals surface area contributed by atoms with Crippen LogP contribution in [-0.4, -0.2) is 11.5 Å². The molecule has 2 N–H and O–H groups in total. The molecule has 2 heterocycles. The Bertz CT molecular complexity index is 175. The fraction of sp³-hybridized carbons (Fsp3) is 0.429. The highest BCUT2D eigenvalue weighted by atomic mass is 15.0. The number of H-pyrrole nitrogens is 1. The van der Waals surface area contributed by atoms with Crippen molar-refractivity contribution < 1.29 is 0 Å². The molecule has 2 heteroatoms. The zero-order chi connectivity index (χ0) is 6.10. The quantitative estimate of drug-likeness (QED) is 0.572. The van der Waals surface area contributed by atoms with Gasteiger partial charge in [-0.2, -0.15) is 0 Å². The van der Waals surface area contributed by atoms with E-state index in [1.807, 2.05) is 12.3 Å². The fourth-order valence-corrected chi connectivity index (χ4v) is 1.12. The number of hydrogen-bond donors (Lipinski definition) is 2. The van der Waals surface area contributed by atoms with E-state index in [0.717, 1.165) is 0 Å². The standard InChI is InChI=1S/C7H10N2/c1-2-6(8-4-1)7-3-5-9-7/h1-2,4,7-9H,3,5H2/t7-/m1/s1. The molecular formula is C7H10N2. The fourth-order valence-electron chi connectivity index (χ4n) is 1.12. The molecule has 0 radical (unpaired) electrons. The molecule has 0 aliphatic carbocycles. The van der Waals surface area contributed by atoms with Crippen LogP contribution in [0.5, 0.6) is 0 Å². The van der Waals surface area contributed by atoms with E-state index in [1.54, 1.807) is 0 Å². The SMILES string of the molecule is c1c[nH]c([C@H]2CCN2)c1. The van der Waals surface area contributed by atoms with Crippen LogP contribution >= 0.6 is 0 Å². The highest BCUT2D eigenvalue weighted by molar-refractivity contribution is 5.11. The lowest BCUT2D eigenvalue weighted by molar-refractivity contribution is 0.376. The maximum absolute atomic E-state index is 3.32. The van der Waals surface area contributed by atoms with E-state index >= 15 is 0 Å². The molecule has 0 saturated carbocycles. The molecule has 0 bridgehead atoms. The lowest BCUT2D eigenvalue weighted by Gasteiger charge is -2.26. The Balaban J connectivity index is 2.14. The number of hydrogen-bond acceptors (Lipinski definition) is 1. The third-order valence-corrected chi connectivity index (χ3v) is 1.82. The molecule has 0 amide bonds. The van der Waals surface area contributed by atoms with Gasteiger partial charge in [0.15, 0.2) is 0 Å². The van der Waals surface area contributed by atoms with Gasteiger partial charge in [-0.15, -0.1) is 0 Å². The number of aromatic nitrogens is 1. The number of nitrogens with one attached hydrogen (secondary N) is 2. The van der Waals surface area contributed by atoms with Gasteiger partial charge >= 0.3 is 0 Å². The summed E-state index contributed by atoms with van der Waals surface area (Å²) < 4.78 is 0. The molecule has 1 saturated heterocycles. The van der Waals surface area contributed by atoms with Gasteiger partial charge in [-0.05, 0) is 25.1 Å². The number of rotatable bonds is 1. The Kier molecular flexibility index (Phi) is 1.06. The zero-order valence-electron chi connectivity index (χ0n) is 5.22. The van der Waals surface area contributed by atoms with Crippen LogP contribution in [0.3, 0.4) is 0 Å². The van der Waals surface area contributed by atoms with Crippen LogP contribution < -0.4 is 5.32 Å². The molecule has 2 nitrogen and oxygen atoms in total. The lowest BCUT2D eigenvalue weighted by atomic mass is 10.0. The summed E-state index contributed by atoms with van der Waals surface area (Å²) in [6, 6.07) is 4.77. The summed E-state index contributed by atoms with van der Waals surface area (Å²) in [7, 11) is 0. The normalized spacial score (nSPS) is 25.6. The van der Waals surface area contributed by atoms with Crippen LogP contribution in [0.2, 0.25) is 0 Å². The molecule has 1 atom stereocenters. The van der Waals surface area contributed by atoms with Gasteiger partial charge in [-0.25, -0.2) is 0 Å². The van der Waals surface area contributed by atoms with E-state index in [0.29, 0.717) is 6.04 Å². The van der Waals surface area contributed by atoms with Crippen LogP contribution in [0.25, 0.3) is 0 Å². The second-order valence-corrected chi connectivity index (χ2v) is 2.42. The molecule has 48 valence electrons. The lowest BCUT2D eigenvalue weighted by Crippen LogP contribution is -2.35. The van der Waals surface area contributed by atoms with E-state index in [2.05, 4.69) is 16.4 Å². The van der Waals surface area contributed by atoms with Gasteiger partial charge in [0, 0.05) is 17.9 Å². The van der Waals surface area contributed by atoms with E-state index in [9.17, 15) is 0 Å². The van der Waals surface area contributed by atoms with Crippen molar-refractivity contribution in [1.82, 2.24) is 10.3 Å². The zero-order valence-corrected chi connectivity index (χ0v) is 5.22. The first kappa shape index (κ1) is 5.06. The number of aromatic amines is 1. The van der Waals surface area contributed by atoms with Crippen LogP contribution in [-0.2, 0) is 0 Å². The molecule has 1 fully saturated rings. The van der Waals surface area contributed by atoms with E-state index in [1.165, 1.54) is 18.7 Å². The smallest absolute Gasteiger partial charge is 0.0484 e. The molecule has 1 aliphatic heterocycles. The van der Waals surface area contributed by atoms with Crippen molar-refractivity contribution in [3.05, 3.63) is 24.0 Å². The van der Waals surface area contributed by atoms with Gasteiger partial charge < -0.3 is 10.3 Å². The van der Waals surface area contributed by atoms with Gasteiger partial charge in [0.25, 0.3) is 0 Å². The van der Waals surface area contributed by atoms with Crippen LogP contribution in [0.4, 0.5) is 0 Å². The van der Waals surface area contributed by atoms with Crippen molar-refractivity contribution in [1.29, 1.82) is 0 Å². The maximum Gasteiger partial charge on any atom is 0.0484 e. The molecule has 1 aliphatic rings. The topological polar surface area (TPSA) is 27.8 Å². The summed E-state index contributed by atoms with van der Waals surface area (Å²) in [5.41, 5.74) is 1.32. The Morgan fingerprint density at radius 1 is 1.56 bits per heavy atom. The summed E-state index contributed by atoms with van der Waals surface area (Å²) in [5.74, 6) is 0. The third-order valence-electron chi connectivity index (χ3n) is 1.82. The monoisotopic (exact) mass is 122 g/mol. The van der Waals surface area contributed by atoms with Crippen molar-refractivity contribution >= 4 is 0 Å². The van der Waals surface area contributed by atoms with Crippen LogP contribution in [0.15, 0.2) is 18.3 Å². The summed E-state index contributed by atoms with van der Waals surface area (Å²) in [5, 5.41) is 3.32. The minimum absolute atomic E-state index is 0.611. The Morgan fingerprint density at radius 3 is 2.89 bits per heavy atom. The van der Waals surface area contributed by atoms with Gasteiger partial charge in [-0.1, -0.05) is 0 Å². The summed E-state index contributed by atoms with van der Waals surface area (Å²) >= 11 is 0. The summed E-state index contributed by atoms with van der Waals surface area (Å²) in [6.45, 7) is 1.17. The van der Waals surface area contributed by atoms with Crippen molar-refractivity contribution in [2.24, 2.45) is 0 Å². The first-order chi connectivity index (χ1) is 4.47. The highest BCUT2D eigenvalue weighted by Crippen LogP contribution is 2.19. The molecule has 0 spiro atoms. The van der Waals surface area contributed by atoms with Gasteiger partial charge in [-0.3, -0.25) is 0 Å².